The summed E-state index contributed by atoms with van der Waals surface area (Å²) in [5.41, 5.74) is 3.17. The lowest BCUT2D eigenvalue weighted by Gasteiger charge is -2.15. The van der Waals surface area contributed by atoms with E-state index < -0.39 is 0 Å². The van der Waals surface area contributed by atoms with Crippen molar-refractivity contribution in [2.24, 2.45) is 0 Å². The lowest BCUT2D eigenvalue weighted by atomic mass is 10.1. The van der Waals surface area contributed by atoms with E-state index in [1.165, 1.54) is 11.9 Å². The van der Waals surface area contributed by atoms with Crippen molar-refractivity contribution in [2.75, 3.05) is 6.61 Å². The summed E-state index contributed by atoms with van der Waals surface area (Å²) in [5, 5.41) is 7.04. The maximum absolute atomic E-state index is 12.1. The fraction of sp³-hybridized carbons (Fsp3) is 0.250. The van der Waals surface area contributed by atoms with Crippen molar-refractivity contribution < 1.29 is 9.53 Å². The second-order valence-electron chi connectivity index (χ2n) is 6.01. The predicted molar refractivity (Wildman–Crippen MR) is 99.2 cm³/mol. The predicted octanol–water partition coefficient (Wildman–Crippen LogP) is 3.09. The van der Waals surface area contributed by atoms with Gasteiger partial charge in [-0.3, -0.25) is 4.79 Å². The Hall–Kier alpha value is -3.15. The third-order valence-electron chi connectivity index (χ3n) is 4.16. The van der Waals surface area contributed by atoms with Gasteiger partial charge in [0.2, 0.25) is 0 Å². The maximum Gasteiger partial charge on any atom is 0.258 e. The summed E-state index contributed by atoms with van der Waals surface area (Å²) in [6.45, 7) is 4.04. The molecule has 0 spiro atoms. The highest BCUT2D eigenvalue weighted by atomic mass is 16.5. The molecule has 1 atom stereocenters. The van der Waals surface area contributed by atoms with E-state index in [0.29, 0.717) is 5.75 Å². The number of hydrogen-bond acceptors (Lipinski definition) is 4. The van der Waals surface area contributed by atoms with Gasteiger partial charge in [0, 0.05) is 0 Å². The molecule has 1 N–H and O–H groups in total. The molecule has 0 radical (unpaired) electrons. The van der Waals surface area contributed by atoms with Crippen LogP contribution < -0.4 is 10.1 Å². The van der Waals surface area contributed by atoms with Crippen molar-refractivity contribution in [3.8, 4) is 11.4 Å². The molecule has 6 nitrogen and oxygen atoms in total. The number of rotatable bonds is 7. The number of nitrogens with zero attached hydrogens (tertiary/aromatic N) is 3. The van der Waals surface area contributed by atoms with Crippen molar-refractivity contribution in [2.45, 2.75) is 26.3 Å². The zero-order valence-corrected chi connectivity index (χ0v) is 14.9. The van der Waals surface area contributed by atoms with Gasteiger partial charge in [0.15, 0.2) is 6.61 Å². The van der Waals surface area contributed by atoms with Crippen LogP contribution in [0.25, 0.3) is 5.69 Å². The number of nitrogens with one attached hydrogen (secondary N) is 1. The normalized spacial score (nSPS) is 11.8. The highest BCUT2D eigenvalue weighted by Gasteiger charge is 2.10. The number of amides is 1. The number of carbonyl (C=O) groups is 1. The summed E-state index contributed by atoms with van der Waals surface area (Å²) in [6, 6.07) is 15.5. The lowest BCUT2D eigenvalue weighted by Crippen LogP contribution is -2.31. The van der Waals surface area contributed by atoms with Crippen LogP contribution in [0.1, 0.15) is 31.0 Å². The van der Waals surface area contributed by atoms with Gasteiger partial charge in [0.25, 0.3) is 5.91 Å². The summed E-state index contributed by atoms with van der Waals surface area (Å²) in [6.07, 6.45) is 4.12. The Morgan fingerprint density at radius 1 is 1.15 bits per heavy atom. The maximum atomic E-state index is 12.1. The molecule has 0 aliphatic carbocycles. The first-order chi connectivity index (χ1) is 12.7. The smallest absolute Gasteiger partial charge is 0.258 e. The Balaban J connectivity index is 1.51. The monoisotopic (exact) mass is 350 g/mol. The lowest BCUT2D eigenvalue weighted by molar-refractivity contribution is -0.123. The molecule has 1 heterocycles. The Morgan fingerprint density at radius 2 is 1.88 bits per heavy atom. The quantitative estimate of drug-likeness (QED) is 0.711. The standard InChI is InChI=1S/C20H22N4O2/c1-3-16-4-10-19(11-5-16)26-12-20(25)23-15(2)17-6-8-18(9-7-17)24-14-21-13-22-24/h4-11,13-15H,3,12H2,1-2H3,(H,23,25)/t15-/m1/s1. The molecule has 2 aromatic carbocycles. The van der Waals surface area contributed by atoms with Crippen molar-refractivity contribution in [3.05, 3.63) is 72.3 Å². The molecule has 6 heteroatoms. The number of hydrogen-bond donors (Lipinski definition) is 1. The molecule has 1 aromatic heterocycles. The summed E-state index contributed by atoms with van der Waals surface area (Å²) < 4.78 is 7.23. The van der Waals surface area contributed by atoms with Gasteiger partial charge in [0.05, 0.1) is 11.7 Å². The summed E-state index contributed by atoms with van der Waals surface area (Å²) in [5.74, 6) is 0.541. The molecule has 134 valence electrons. The van der Waals surface area contributed by atoms with Crippen LogP contribution in [-0.4, -0.2) is 27.3 Å². The van der Waals surface area contributed by atoms with Crippen molar-refractivity contribution >= 4 is 5.91 Å². The van der Waals surface area contributed by atoms with E-state index in [4.69, 9.17) is 4.74 Å². The van der Waals surface area contributed by atoms with Crippen LogP contribution in [0.15, 0.2) is 61.2 Å². The van der Waals surface area contributed by atoms with E-state index in [-0.39, 0.29) is 18.6 Å². The summed E-state index contributed by atoms with van der Waals surface area (Å²) in [4.78, 5) is 16.0. The largest absolute Gasteiger partial charge is 0.484 e. The van der Waals surface area contributed by atoms with Gasteiger partial charge in [-0.05, 0) is 48.7 Å². The van der Waals surface area contributed by atoms with E-state index in [0.717, 1.165) is 17.7 Å². The van der Waals surface area contributed by atoms with Crippen LogP contribution in [0.5, 0.6) is 5.75 Å². The average molecular weight is 350 g/mol. The van der Waals surface area contributed by atoms with Crippen molar-refractivity contribution in [3.63, 3.8) is 0 Å². The minimum absolute atomic E-state index is 0.00709. The van der Waals surface area contributed by atoms with Gasteiger partial charge in [-0.25, -0.2) is 9.67 Å². The van der Waals surface area contributed by atoms with Crippen LogP contribution in [0.4, 0.5) is 0 Å². The number of aromatic nitrogens is 3. The van der Waals surface area contributed by atoms with E-state index in [9.17, 15) is 4.79 Å². The highest BCUT2D eigenvalue weighted by molar-refractivity contribution is 5.78. The second-order valence-corrected chi connectivity index (χ2v) is 6.01. The summed E-state index contributed by atoms with van der Waals surface area (Å²) in [7, 11) is 0. The van der Waals surface area contributed by atoms with Crippen LogP contribution >= 0.6 is 0 Å². The molecule has 1 amide bonds. The molecule has 0 saturated carbocycles. The van der Waals surface area contributed by atoms with Gasteiger partial charge < -0.3 is 10.1 Å². The first kappa shape index (κ1) is 17.7. The van der Waals surface area contributed by atoms with Gasteiger partial charge in [-0.2, -0.15) is 5.10 Å². The van der Waals surface area contributed by atoms with E-state index >= 15 is 0 Å². The first-order valence-electron chi connectivity index (χ1n) is 8.61. The number of ether oxygens (including phenoxy) is 1. The molecule has 0 saturated heterocycles. The molecule has 26 heavy (non-hydrogen) atoms. The Bertz CT molecular complexity index is 827. The van der Waals surface area contributed by atoms with E-state index in [2.05, 4.69) is 22.3 Å². The SMILES string of the molecule is CCc1ccc(OCC(=O)N[C@H](C)c2ccc(-n3cncn3)cc2)cc1. The van der Waals surface area contributed by atoms with E-state index in [1.807, 2.05) is 55.5 Å². The molecular formula is C20H22N4O2. The van der Waals surface area contributed by atoms with Crippen LogP contribution in [0, 0.1) is 0 Å². The Labute approximate surface area is 152 Å². The molecule has 0 bridgehead atoms. The number of benzene rings is 2. The topological polar surface area (TPSA) is 69.0 Å². The molecule has 3 rings (SSSR count). The Morgan fingerprint density at radius 3 is 2.50 bits per heavy atom. The fourth-order valence-electron chi connectivity index (χ4n) is 2.59. The third-order valence-corrected chi connectivity index (χ3v) is 4.16. The number of carbonyl (C=O) groups excluding carboxylic acids is 1. The van der Waals surface area contributed by atoms with Gasteiger partial charge in [0.1, 0.15) is 18.4 Å². The van der Waals surface area contributed by atoms with Crippen molar-refractivity contribution in [1.82, 2.24) is 20.1 Å². The third kappa shape index (κ3) is 4.47. The van der Waals surface area contributed by atoms with Gasteiger partial charge in [-0.1, -0.05) is 31.2 Å². The second kappa shape index (κ2) is 8.29. The molecule has 0 unspecified atom stereocenters. The first-order valence-corrected chi connectivity index (χ1v) is 8.61. The molecule has 0 fully saturated rings. The Kier molecular flexibility index (Phi) is 5.63. The van der Waals surface area contributed by atoms with E-state index in [1.54, 1.807) is 11.0 Å². The minimum Gasteiger partial charge on any atom is -0.484 e. The van der Waals surface area contributed by atoms with Gasteiger partial charge >= 0.3 is 0 Å². The van der Waals surface area contributed by atoms with Crippen LogP contribution in [0.3, 0.4) is 0 Å². The number of aryl methyl sites for hydroxylation is 1. The van der Waals surface area contributed by atoms with Gasteiger partial charge in [-0.15, -0.1) is 0 Å². The molecule has 3 aromatic rings. The zero-order chi connectivity index (χ0) is 18.4. The molecular weight excluding hydrogens is 328 g/mol. The minimum atomic E-state index is -0.155. The highest BCUT2D eigenvalue weighted by Crippen LogP contribution is 2.16. The van der Waals surface area contributed by atoms with Crippen LogP contribution in [0.2, 0.25) is 0 Å². The van der Waals surface area contributed by atoms with Crippen molar-refractivity contribution in [1.29, 1.82) is 0 Å². The molecule has 0 aliphatic rings. The summed E-state index contributed by atoms with van der Waals surface area (Å²) >= 11 is 0. The average Bonchev–Trinajstić information content (AvgIpc) is 3.21. The molecule has 0 aliphatic heterocycles. The van der Waals surface area contributed by atoms with Crippen LogP contribution in [-0.2, 0) is 11.2 Å². The zero-order valence-electron chi connectivity index (χ0n) is 14.9. The fourth-order valence-corrected chi connectivity index (χ4v) is 2.59.